The van der Waals surface area contributed by atoms with Gasteiger partial charge in [0.15, 0.2) is 5.76 Å². The Morgan fingerprint density at radius 1 is 0.523 bits per heavy atom. The van der Waals surface area contributed by atoms with Crippen LogP contribution in [0.15, 0.2) is 159 Å². The number of para-hydroxylation sites is 1. The molecule has 1 N–H and O–H groups in total. The van der Waals surface area contributed by atoms with E-state index < -0.39 is 0 Å². The zero-order valence-corrected chi connectivity index (χ0v) is 23.7. The number of anilines is 1. The van der Waals surface area contributed by atoms with Gasteiger partial charge in [-0.15, -0.1) is 0 Å². The van der Waals surface area contributed by atoms with Gasteiger partial charge < -0.3 is 14.2 Å². The van der Waals surface area contributed by atoms with Crippen LogP contribution in [0.5, 0.6) is 0 Å². The molecule has 4 nitrogen and oxygen atoms in total. The highest BCUT2D eigenvalue weighted by atomic mass is 16.3. The lowest BCUT2D eigenvalue weighted by Gasteiger charge is -2.23. The predicted octanol–water partition coefficient (Wildman–Crippen LogP) is 10.6. The van der Waals surface area contributed by atoms with Crippen LogP contribution < -0.4 is 5.32 Å². The second-order valence-corrected chi connectivity index (χ2v) is 11.2. The summed E-state index contributed by atoms with van der Waals surface area (Å²) in [5.41, 5.74) is 10.8. The maximum absolute atomic E-state index is 6.72. The Hall–Kier alpha value is -5.87. The average Bonchev–Trinajstić information content (AvgIpc) is 3.67. The molecule has 0 radical (unpaired) electrons. The minimum absolute atomic E-state index is 0.270. The molecule has 8 aromatic rings. The third kappa shape index (κ3) is 3.89. The first-order valence-corrected chi connectivity index (χ1v) is 14.8. The van der Waals surface area contributed by atoms with Gasteiger partial charge in [0, 0.05) is 27.3 Å². The Bertz CT molecular complexity index is 2350. The van der Waals surface area contributed by atoms with Crippen LogP contribution in [0.1, 0.15) is 23.1 Å². The summed E-state index contributed by atoms with van der Waals surface area (Å²) in [4.78, 5) is 5.33. The van der Waals surface area contributed by atoms with Crippen LogP contribution in [0.2, 0.25) is 0 Å². The van der Waals surface area contributed by atoms with Crippen LogP contribution in [0.3, 0.4) is 0 Å². The van der Waals surface area contributed by atoms with E-state index in [2.05, 4.69) is 108 Å². The van der Waals surface area contributed by atoms with Crippen molar-refractivity contribution >= 4 is 44.3 Å². The van der Waals surface area contributed by atoms with Gasteiger partial charge in [-0.05, 0) is 52.6 Å². The van der Waals surface area contributed by atoms with Crippen LogP contribution in [0, 0.1) is 0 Å². The molecule has 0 bridgehead atoms. The fourth-order valence-corrected chi connectivity index (χ4v) is 6.45. The SMILES string of the molecule is c1ccc(-c2cc(-c3ccccc3)c3oc4cccc(C5=NC(c6ccccc6)Nc6c5oc5ccccc65)c4c3c2)cc1. The van der Waals surface area contributed by atoms with Crippen LogP contribution in [-0.2, 0) is 0 Å². The molecular weight excluding hydrogens is 540 g/mol. The molecule has 2 aromatic heterocycles. The van der Waals surface area contributed by atoms with Crippen molar-refractivity contribution in [1.29, 1.82) is 0 Å². The zero-order chi connectivity index (χ0) is 29.0. The molecule has 44 heavy (non-hydrogen) atoms. The van der Waals surface area contributed by atoms with E-state index in [0.29, 0.717) is 0 Å². The van der Waals surface area contributed by atoms with Gasteiger partial charge in [-0.25, -0.2) is 0 Å². The van der Waals surface area contributed by atoms with Crippen LogP contribution >= 0.6 is 0 Å². The van der Waals surface area contributed by atoms with Crippen LogP contribution in [0.4, 0.5) is 5.69 Å². The minimum atomic E-state index is -0.270. The van der Waals surface area contributed by atoms with Gasteiger partial charge in [0.25, 0.3) is 0 Å². The zero-order valence-electron chi connectivity index (χ0n) is 23.7. The number of hydrogen-bond donors (Lipinski definition) is 1. The lowest BCUT2D eigenvalue weighted by Crippen LogP contribution is -2.19. The van der Waals surface area contributed by atoms with E-state index in [-0.39, 0.29) is 6.17 Å². The highest BCUT2D eigenvalue weighted by molar-refractivity contribution is 6.27. The van der Waals surface area contributed by atoms with Crippen molar-refractivity contribution in [3.8, 4) is 22.3 Å². The van der Waals surface area contributed by atoms with Crippen LogP contribution in [0.25, 0.3) is 55.2 Å². The van der Waals surface area contributed by atoms with Crippen LogP contribution in [-0.4, -0.2) is 5.71 Å². The van der Waals surface area contributed by atoms with E-state index in [4.69, 9.17) is 13.8 Å². The Kier molecular flexibility index (Phi) is 5.53. The lowest BCUT2D eigenvalue weighted by molar-refractivity contribution is 0.599. The van der Waals surface area contributed by atoms with Gasteiger partial charge in [-0.2, -0.15) is 0 Å². The van der Waals surface area contributed by atoms with Crippen molar-refractivity contribution in [2.45, 2.75) is 6.17 Å². The molecule has 0 amide bonds. The largest absolute Gasteiger partial charge is 0.455 e. The maximum atomic E-state index is 6.72. The maximum Gasteiger partial charge on any atom is 0.177 e. The summed E-state index contributed by atoms with van der Waals surface area (Å²) in [7, 11) is 0. The van der Waals surface area contributed by atoms with E-state index in [9.17, 15) is 0 Å². The normalized spacial score (nSPS) is 14.5. The number of benzene rings is 6. The fourth-order valence-electron chi connectivity index (χ4n) is 6.45. The van der Waals surface area contributed by atoms with Gasteiger partial charge in [0.05, 0.1) is 5.69 Å². The minimum Gasteiger partial charge on any atom is -0.455 e. The van der Waals surface area contributed by atoms with Crippen molar-refractivity contribution in [2.24, 2.45) is 4.99 Å². The summed E-state index contributed by atoms with van der Waals surface area (Å²) >= 11 is 0. The van der Waals surface area contributed by atoms with Crippen molar-refractivity contribution in [3.63, 3.8) is 0 Å². The quantitative estimate of drug-likeness (QED) is 0.231. The number of hydrogen-bond acceptors (Lipinski definition) is 4. The van der Waals surface area contributed by atoms with Gasteiger partial charge >= 0.3 is 0 Å². The van der Waals surface area contributed by atoms with Crippen molar-refractivity contribution in [2.75, 3.05) is 5.32 Å². The standard InChI is InChI=1S/C40H26N2O2/c1-4-13-25(14-5-1)28-23-31(26-15-6-2-7-16-26)38-32(24-28)35-30(20-12-22-34(35)44-38)37-39-36(29-19-10-11-21-33(29)43-39)41-40(42-37)27-17-8-3-9-18-27/h1-24,40-41H. The summed E-state index contributed by atoms with van der Waals surface area (Å²) in [5.74, 6) is 0.739. The van der Waals surface area contributed by atoms with Crippen molar-refractivity contribution in [1.82, 2.24) is 0 Å². The molecule has 1 aliphatic heterocycles. The van der Waals surface area contributed by atoms with E-state index >= 15 is 0 Å². The highest BCUT2D eigenvalue weighted by Crippen LogP contribution is 2.44. The van der Waals surface area contributed by atoms with E-state index in [1.54, 1.807) is 0 Å². The number of furan rings is 2. The number of fused-ring (bicyclic) bond motifs is 6. The van der Waals surface area contributed by atoms with E-state index in [1.165, 1.54) is 0 Å². The van der Waals surface area contributed by atoms with Gasteiger partial charge in [0.2, 0.25) is 0 Å². The molecule has 1 atom stereocenters. The summed E-state index contributed by atoms with van der Waals surface area (Å²) in [6, 6.07) is 50.2. The third-order valence-electron chi connectivity index (χ3n) is 8.51. The Balaban J connectivity index is 1.36. The monoisotopic (exact) mass is 566 g/mol. The summed E-state index contributed by atoms with van der Waals surface area (Å²) < 4.78 is 13.3. The molecular formula is C40H26N2O2. The first-order chi connectivity index (χ1) is 21.8. The van der Waals surface area contributed by atoms with E-state index in [1.807, 2.05) is 42.5 Å². The van der Waals surface area contributed by atoms with Gasteiger partial charge in [-0.3, -0.25) is 4.99 Å². The summed E-state index contributed by atoms with van der Waals surface area (Å²) in [6.07, 6.45) is -0.270. The lowest BCUT2D eigenvalue weighted by atomic mass is 9.93. The molecule has 0 aliphatic carbocycles. The second-order valence-electron chi connectivity index (χ2n) is 11.2. The summed E-state index contributed by atoms with van der Waals surface area (Å²) in [6.45, 7) is 0. The summed E-state index contributed by atoms with van der Waals surface area (Å²) in [5, 5.41) is 6.78. The second kappa shape index (κ2) is 9.85. The smallest absolute Gasteiger partial charge is 0.177 e. The Labute approximate surface area is 253 Å². The molecule has 208 valence electrons. The third-order valence-corrected chi connectivity index (χ3v) is 8.51. The van der Waals surface area contributed by atoms with E-state index in [0.717, 1.165) is 83.4 Å². The van der Waals surface area contributed by atoms with Gasteiger partial charge in [0.1, 0.15) is 28.6 Å². The molecule has 6 aromatic carbocycles. The molecule has 3 heterocycles. The molecule has 1 unspecified atom stereocenters. The number of aliphatic imine (C=N–C) groups is 1. The molecule has 4 heteroatoms. The van der Waals surface area contributed by atoms with Gasteiger partial charge in [-0.1, -0.05) is 115 Å². The topological polar surface area (TPSA) is 50.7 Å². The molecule has 0 spiro atoms. The number of nitrogens with zero attached hydrogens (tertiary/aromatic N) is 1. The van der Waals surface area contributed by atoms with Crippen molar-refractivity contribution < 1.29 is 8.83 Å². The average molecular weight is 567 g/mol. The number of nitrogens with one attached hydrogen (secondary N) is 1. The first kappa shape index (κ1) is 24.7. The highest BCUT2D eigenvalue weighted by Gasteiger charge is 2.30. The molecule has 9 rings (SSSR count). The first-order valence-electron chi connectivity index (χ1n) is 14.8. The molecule has 0 saturated carbocycles. The van der Waals surface area contributed by atoms with Crippen molar-refractivity contribution in [3.05, 3.63) is 162 Å². The molecule has 0 fully saturated rings. The Morgan fingerprint density at radius 3 is 2.00 bits per heavy atom. The fraction of sp³-hybridized carbons (Fsp3) is 0.0250. The molecule has 1 aliphatic rings. The number of rotatable bonds is 4. The molecule has 0 saturated heterocycles. The Morgan fingerprint density at radius 2 is 1.20 bits per heavy atom. The predicted molar refractivity (Wildman–Crippen MR) is 179 cm³/mol.